The number of anilines is 2. The summed E-state index contributed by atoms with van der Waals surface area (Å²) < 4.78 is 5.30. The van der Waals surface area contributed by atoms with E-state index >= 15 is 0 Å². The van der Waals surface area contributed by atoms with Crippen molar-refractivity contribution in [1.82, 2.24) is 10.9 Å². The number of hydrazine groups is 1. The highest BCUT2D eigenvalue weighted by molar-refractivity contribution is 5.97. The molecule has 2 atom stereocenters. The second kappa shape index (κ2) is 7.99. The number of amides is 2. The molecule has 2 aromatic carbocycles. The van der Waals surface area contributed by atoms with Crippen LogP contribution in [0.1, 0.15) is 24.9 Å². The maximum absolute atomic E-state index is 12.6. The van der Waals surface area contributed by atoms with Crippen LogP contribution >= 0.6 is 0 Å². The maximum atomic E-state index is 12.6. The number of hydrogen-bond donors (Lipinski definition) is 4. The van der Waals surface area contributed by atoms with E-state index < -0.39 is 0 Å². The third kappa shape index (κ3) is 4.19. The lowest BCUT2D eigenvalue weighted by molar-refractivity contribution is -0.118. The van der Waals surface area contributed by atoms with Gasteiger partial charge in [0.1, 0.15) is 11.8 Å². The van der Waals surface area contributed by atoms with Crippen LogP contribution in [0.5, 0.6) is 5.75 Å². The molecule has 1 heterocycles. The van der Waals surface area contributed by atoms with Crippen LogP contribution in [0, 0.1) is 0 Å². The van der Waals surface area contributed by atoms with E-state index in [2.05, 4.69) is 21.5 Å². The lowest BCUT2D eigenvalue weighted by atomic mass is 10.0. The minimum Gasteiger partial charge on any atom is -0.495 e. The highest BCUT2D eigenvalue weighted by Crippen LogP contribution is 2.29. The summed E-state index contributed by atoms with van der Waals surface area (Å²) in [6.07, 6.45) is 0.629. The fraction of sp³-hybridized carbons (Fsp3) is 0.263. The Bertz CT molecular complexity index is 795. The number of hydrogen-bond acceptors (Lipinski definition) is 5. The van der Waals surface area contributed by atoms with Crippen molar-refractivity contribution in [3.05, 3.63) is 54.1 Å². The molecule has 0 aromatic heterocycles. The lowest BCUT2D eigenvalue weighted by Gasteiger charge is -2.15. The van der Waals surface area contributed by atoms with Gasteiger partial charge >= 0.3 is 0 Å². The predicted molar refractivity (Wildman–Crippen MR) is 99.8 cm³/mol. The monoisotopic (exact) mass is 354 g/mol. The van der Waals surface area contributed by atoms with E-state index in [1.54, 1.807) is 18.2 Å². The number of nitrogens with one attached hydrogen (secondary N) is 4. The van der Waals surface area contributed by atoms with E-state index in [1.165, 1.54) is 14.0 Å². The first-order chi connectivity index (χ1) is 12.6. The van der Waals surface area contributed by atoms with Crippen molar-refractivity contribution in [2.75, 3.05) is 17.7 Å². The van der Waals surface area contributed by atoms with Crippen LogP contribution in [0.3, 0.4) is 0 Å². The molecule has 1 aliphatic heterocycles. The number of carbonyl (C=O) groups excluding carboxylic acids is 2. The Labute approximate surface area is 152 Å². The summed E-state index contributed by atoms with van der Waals surface area (Å²) in [4.78, 5) is 23.9. The van der Waals surface area contributed by atoms with E-state index in [4.69, 9.17) is 4.74 Å². The molecule has 4 N–H and O–H groups in total. The summed E-state index contributed by atoms with van der Waals surface area (Å²) in [7, 11) is 1.53. The zero-order valence-corrected chi connectivity index (χ0v) is 14.7. The van der Waals surface area contributed by atoms with E-state index in [1.807, 2.05) is 30.3 Å². The molecule has 0 spiro atoms. The van der Waals surface area contributed by atoms with Crippen LogP contribution in [0.15, 0.2) is 48.5 Å². The Morgan fingerprint density at radius 2 is 1.85 bits per heavy atom. The summed E-state index contributed by atoms with van der Waals surface area (Å²) >= 11 is 0. The molecule has 136 valence electrons. The molecule has 0 saturated carbocycles. The van der Waals surface area contributed by atoms with Gasteiger partial charge in [-0.2, -0.15) is 0 Å². The van der Waals surface area contributed by atoms with Crippen molar-refractivity contribution < 1.29 is 14.3 Å². The Kier molecular flexibility index (Phi) is 5.50. The van der Waals surface area contributed by atoms with Crippen LogP contribution in [-0.2, 0) is 9.59 Å². The highest BCUT2D eigenvalue weighted by Gasteiger charge is 2.30. The van der Waals surface area contributed by atoms with Gasteiger partial charge in [-0.3, -0.25) is 9.59 Å². The van der Waals surface area contributed by atoms with Crippen molar-refractivity contribution in [1.29, 1.82) is 0 Å². The third-order valence-corrected chi connectivity index (χ3v) is 4.20. The number of rotatable bonds is 5. The largest absolute Gasteiger partial charge is 0.495 e. The van der Waals surface area contributed by atoms with E-state index in [0.29, 0.717) is 23.5 Å². The van der Waals surface area contributed by atoms with Gasteiger partial charge in [-0.15, -0.1) is 0 Å². The smallest absolute Gasteiger partial charge is 0.243 e. The molecule has 1 aliphatic rings. The van der Waals surface area contributed by atoms with Gasteiger partial charge in [0.15, 0.2) is 0 Å². The minimum atomic E-state index is -0.380. The van der Waals surface area contributed by atoms with Crippen LogP contribution < -0.4 is 26.2 Å². The van der Waals surface area contributed by atoms with Crippen LogP contribution in [-0.4, -0.2) is 25.0 Å². The molecular formula is C19H22N4O3. The molecule has 2 amide bonds. The molecule has 3 rings (SSSR count). The van der Waals surface area contributed by atoms with Crippen molar-refractivity contribution in [3.63, 3.8) is 0 Å². The molecule has 1 saturated heterocycles. The van der Waals surface area contributed by atoms with Gasteiger partial charge in [-0.25, -0.2) is 10.9 Å². The summed E-state index contributed by atoms with van der Waals surface area (Å²) in [5.41, 5.74) is 8.42. The van der Waals surface area contributed by atoms with Gasteiger partial charge in [0, 0.05) is 18.7 Å². The second-order valence-corrected chi connectivity index (χ2v) is 6.13. The standard InChI is InChI=1S/C19H22N4O3/c1-12(24)20-14-8-9-18(26-2)16(10-14)21-19(25)17-11-15(22-23-17)13-6-4-3-5-7-13/h3-10,15,17,22-23H,11H2,1-2H3,(H,20,24)(H,21,25). The van der Waals surface area contributed by atoms with E-state index in [0.717, 1.165) is 5.56 Å². The average Bonchev–Trinajstić information content (AvgIpc) is 3.12. The first-order valence-corrected chi connectivity index (χ1v) is 8.39. The van der Waals surface area contributed by atoms with Gasteiger partial charge in [0.05, 0.1) is 12.8 Å². The molecule has 0 bridgehead atoms. The SMILES string of the molecule is COc1ccc(NC(C)=O)cc1NC(=O)C1CC(c2ccccc2)NN1. The van der Waals surface area contributed by atoms with E-state index in [9.17, 15) is 9.59 Å². The Hall–Kier alpha value is -2.90. The van der Waals surface area contributed by atoms with Gasteiger partial charge < -0.3 is 15.4 Å². The number of benzene rings is 2. The molecule has 1 fully saturated rings. The van der Waals surface area contributed by atoms with Gasteiger partial charge in [-0.05, 0) is 30.2 Å². The zero-order valence-electron chi connectivity index (χ0n) is 14.7. The third-order valence-electron chi connectivity index (χ3n) is 4.20. The van der Waals surface area contributed by atoms with Crippen molar-refractivity contribution in [3.8, 4) is 5.75 Å². The Morgan fingerprint density at radius 1 is 1.08 bits per heavy atom. The molecule has 0 aliphatic carbocycles. The Morgan fingerprint density at radius 3 is 2.54 bits per heavy atom. The quantitative estimate of drug-likeness (QED) is 0.661. The molecule has 2 unspecified atom stereocenters. The van der Waals surface area contributed by atoms with Crippen LogP contribution in [0.2, 0.25) is 0 Å². The Balaban J connectivity index is 1.69. The van der Waals surface area contributed by atoms with Crippen molar-refractivity contribution in [2.45, 2.75) is 25.4 Å². The van der Waals surface area contributed by atoms with Crippen molar-refractivity contribution in [2.24, 2.45) is 0 Å². The van der Waals surface area contributed by atoms with E-state index in [-0.39, 0.29) is 23.9 Å². The van der Waals surface area contributed by atoms with Gasteiger partial charge in [0.2, 0.25) is 11.8 Å². The second-order valence-electron chi connectivity index (χ2n) is 6.13. The predicted octanol–water partition coefficient (Wildman–Crippen LogP) is 2.20. The maximum Gasteiger partial charge on any atom is 0.243 e. The molecule has 0 radical (unpaired) electrons. The number of carbonyl (C=O) groups is 2. The first-order valence-electron chi connectivity index (χ1n) is 8.39. The normalized spacial score (nSPS) is 19.0. The first kappa shape index (κ1) is 17.9. The molecule has 7 nitrogen and oxygen atoms in total. The molecule has 7 heteroatoms. The van der Waals surface area contributed by atoms with Gasteiger partial charge in [0.25, 0.3) is 0 Å². The molecular weight excluding hydrogens is 332 g/mol. The zero-order chi connectivity index (χ0) is 18.5. The summed E-state index contributed by atoms with van der Waals surface area (Å²) in [6, 6.07) is 14.8. The topological polar surface area (TPSA) is 91.5 Å². The average molecular weight is 354 g/mol. The van der Waals surface area contributed by atoms with Gasteiger partial charge in [-0.1, -0.05) is 30.3 Å². The summed E-state index contributed by atoms with van der Waals surface area (Å²) in [5.74, 6) is 0.173. The minimum absolute atomic E-state index is 0.0690. The lowest BCUT2D eigenvalue weighted by Crippen LogP contribution is -2.39. The number of methoxy groups -OCH3 is 1. The fourth-order valence-electron chi connectivity index (χ4n) is 2.94. The van der Waals surface area contributed by atoms with Crippen LogP contribution in [0.25, 0.3) is 0 Å². The fourth-order valence-corrected chi connectivity index (χ4v) is 2.94. The summed E-state index contributed by atoms with van der Waals surface area (Å²) in [6.45, 7) is 1.43. The molecule has 26 heavy (non-hydrogen) atoms. The molecule has 2 aromatic rings. The number of ether oxygens (including phenoxy) is 1. The van der Waals surface area contributed by atoms with Crippen LogP contribution in [0.4, 0.5) is 11.4 Å². The highest BCUT2D eigenvalue weighted by atomic mass is 16.5. The summed E-state index contributed by atoms with van der Waals surface area (Å²) in [5, 5.41) is 5.57. The van der Waals surface area contributed by atoms with Crippen molar-refractivity contribution >= 4 is 23.2 Å².